The van der Waals surface area contributed by atoms with E-state index in [2.05, 4.69) is 22.2 Å². The molecular weight excluding hydrogens is 188 g/mol. The van der Waals surface area contributed by atoms with E-state index in [1.807, 2.05) is 6.92 Å². The van der Waals surface area contributed by atoms with Gasteiger partial charge in [-0.3, -0.25) is 0 Å². The van der Waals surface area contributed by atoms with Gasteiger partial charge in [0.05, 0.1) is 0 Å². The predicted molar refractivity (Wildman–Crippen MR) is 62.8 cm³/mol. The van der Waals surface area contributed by atoms with Crippen LogP contribution in [0.5, 0.6) is 0 Å². The van der Waals surface area contributed by atoms with Crippen LogP contribution in [0.4, 0.5) is 11.6 Å². The molecular formula is C11H20N4. The Labute approximate surface area is 90.7 Å². The van der Waals surface area contributed by atoms with E-state index in [0.29, 0.717) is 11.9 Å². The molecule has 4 nitrogen and oxygen atoms in total. The van der Waals surface area contributed by atoms with Gasteiger partial charge in [-0.25, -0.2) is 4.98 Å². The van der Waals surface area contributed by atoms with Gasteiger partial charge in [-0.05, 0) is 25.7 Å². The zero-order chi connectivity index (χ0) is 10.8. The summed E-state index contributed by atoms with van der Waals surface area (Å²) in [5.41, 5.74) is 5.81. The summed E-state index contributed by atoms with van der Waals surface area (Å²) < 4.78 is 0. The van der Waals surface area contributed by atoms with Crippen molar-refractivity contribution in [1.82, 2.24) is 9.97 Å². The third-order valence-corrected chi connectivity index (χ3v) is 3.13. The number of anilines is 2. The minimum Gasteiger partial charge on any atom is -0.382 e. The number of aromatic amines is 1. The average molecular weight is 208 g/mol. The summed E-state index contributed by atoms with van der Waals surface area (Å²) in [4.78, 5) is 7.35. The number of nitrogens with zero attached hydrogens (tertiary/aromatic N) is 1. The van der Waals surface area contributed by atoms with Crippen LogP contribution in [0, 0.1) is 12.8 Å². The van der Waals surface area contributed by atoms with Crippen molar-refractivity contribution >= 4 is 11.6 Å². The van der Waals surface area contributed by atoms with Gasteiger partial charge in [0, 0.05) is 6.04 Å². The first-order valence-corrected chi connectivity index (χ1v) is 5.73. The number of nitrogens with two attached hydrogens (primary N) is 1. The van der Waals surface area contributed by atoms with Gasteiger partial charge in [0.1, 0.15) is 11.6 Å². The first-order chi connectivity index (χ1) is 7.15. The van der Waals surface area contributed by atoms with E-state index >= 15 is 0 Å². The van der Waals surface area contributed by atoms with E-state index in [-0.39, 0.29) is 0 Å². The monoisotopic (exact) mass is 208 g/mol. The Morgan fingerprint density at radius 1 is 1.47 bits per heavy atom. The highest BCUT2D eigenvalue weighted by atomic mass is 15.1. The summed E-state index contributed by atoms with van der Waals surface area (Å²) in [5.74, 6) is 3.17. The molecule has 84 valence electrons. The van der Waals surface area contributed by atoms with E-state index in [1.54, 1.807) is 0 Å². The quantitative estimate of drug-likeness (QED) is 0.698. The lowest BCUT2D eigenvalue weighted by molar-refractivity contribution is 0.358. The largest absolute Gasteiger partial charge is 0.382 e. The van der Waals surface area contributed by atoms with Crippen LogP contribution in [-0.2, 0) is 0 Å². The SMILES string of the molecule is Cc1nc(NC2CCCC(C)C2)c(N)[nH]1. The second-order valence-corrected chi connectivity index (χ2v) is 4.70. The maximum Gasteiger partial charge on any atom is 0.168 e. The normalized spacial score (nSPS) is 26.5. The minimum absolute atomic E-state index is 0.541. The molecule has 0 amide bonds. The fraction of sp³-hybridized carbons (Fsp3) is 0.727. The van der Waals surface area contributed by atoms with E-state index in [1.165, 1.54) is 25.7 Å². The van der Waals surface area contributed by atoms with Crippen LogP contribution >= 0.6 is 0 Å². The first kappa shape index (κ1) is 10.3. The molecule has 2 atom stereocenters. The van der Waals surface area contributed by atoms with Gasteiger partial charge in [-0.1, -0.05) is 19.8 Å². The molecule has 0 spiro atoms. The van der Waals surface area contributed by atoms with Crippen LogP contribution in [0.15, 0.2) is 0 Å². The van der Waals surface area contributed by atoms with Gasteiger partial charge >= 0.3 is 0 Å². The number of imidazole rings is 1. The lowest BCUT2D eigenvalue weighted by Gasteiger charge is -2.27. The summed E-state index contributed by atoms with van der Waals surface area (Å²) >= 11 is 0. The third kappa shape index (κ3) is 2.43. The number of nitrogen functional groups attached to an aromatic ring is 1. The molecule has 0 aromatic carbocycles. The minimum atomic E-state index is 0.541. The molecule has 2 unspecified atom stereocenters. The lowest BCUT2D eigenvalue weighted by atomic mass is 9.87. The van der Waals surface area contributed by atoms with Gasteiger partial charge in [-0.2, -0.15) is 0 Å². The Hall–Kier alpha value is -1.19. The van der Waals surface area contributed by atoms with Gasteiger partial charge in [0.25, 0.3) is 0 Å². The van der Waals surface area contributed by atoms with Gasteiger partial charge in [0.15, 0.2) is 5.82 Å². The summed E-state index contributed by atoms with van der Waals surface area (Å²) in [7, 11) is 0. The Bertz CT molecular complexity index is 331. The molecule has 0 radical (unpaired) electrons. The zero-order valence-corrected chi connectivity index (χ0v) is 9.51. The molecule has 1 aliphatic rings. The topological polar surface area (TPSA) is 66.7 Å². The number of rotatable bonds is 2. The van der Waals surface area contributed by atoms with E-state index < -0.39 is 0 Å². The van der Waals surface area contributed by atoms with E-state index in [0.717, 1.165) is 17.6 Å². The molecule has 4 heteroatoms. The van der Waals surface area contributed by atoms with Crippen molar-refractivity contribution in [3.8, 4) is 0 Å². The Balaban J connectivity index is 1.99. The van der Waals surface area contributed by atoms with Crippen molar-refractivity contribution in [3.63, 3.8) is 0 Å². The maximum absolute atomic E-state index is 5.81. The van der Waals surface area contributed by atoms with E-state index in [4.69, 9.17) is 5.73 Å². The number of hydrogen-bond donors (Lipinski definition) is 3. The maximum atomic E-state index is 5.81. The highest BCUT2D eigenvalue weighted by molar-refractivity contribution is 5.57. The molecule has 15 heavy (non-hydrogen) atoms. The second kappa shape index (κ2) is 4.13. The van der Waals surface area contributed by atoms with Crippen LogP contribution in [0.3, 0.4) is 0 Å². The Morgan fingerprint density at radius 3 is 2.87 bits per heavy atom. The molecule has 0 aliphatic heterocycles. The number of nitrogens with one attached hydrogen (secondary N) is 2. The number of aryl methyl sites for hydroxylation is 1. The van der Waals surface area contributed by atoms with E-state index in [9.17, 15) is 0 Å². The molecule has 1 aromatic rings. The molecule has 1 aliphatic carbocycles. The van der Waals surface area contributed by atoms with Gasteiger partial charge in [0.2, 0.25) is 0 Å². The predicted octanol–water partition coefficient (Wildman–Crippen LogP) is 2.29. The Morgan fingerprint density at radius 2 is 2.27 bits per heavy atom. The zero-order valence-electron chi connectivity index (χ0n) is 9.51. The first-order valence-electron chi connectivity index (χ1n) is 5.73. The summed E-state index contributed by atoms with van der Waals surface area (Å²) in [6.45, 7) is 4.23. The summed E-state index contributed by atoms with van der Waals surface area (Å²) in [6.07, 6.45) is 5.12. The smallest absolute Gasteiger partial charge is 0.168 e. The fourth-order valence-electron chi connectivity index (χ4n) is 2.38. The van der Waals surface area contributed by atoms with Crippen molar-refractivity contribution < 1.29 is 0 Å². The van der Waals surface area contributed by atoms with Crippen molar-refractivity contribution in [3.05, 3.63) is 5.82 Å². The molecule has 1 saturated carbocycles. The fourth-order valence-corrected chi connectivity index (χ4v) is 2.38. The van der Waals surface area contributed by atoms with Crippen LogP contribution in [0.1, 0.15) is 38.4 Å². The molecule has 2 rings (SSSR count). The number of aromatic nitrogens is 2. The third-order valence-electron chi connectivity index (χ3n) is 3.13. The van der Waals surface area contributed by atoms with Gasteiger partial charge < -0.3 is 16.0 Å². The van der Waals surface area contributed by atoms with Crippen LogP contribution < -0.4 is 11.1 Å². The highest BCUT2D eigenvalue weighted by Gasteiger charge is 2.20. The molecule has 0 bridgehead atoms. The molecule has 4 N–H and O–H groups in total. The highest BCUT2D eigenvalue weighted by Crippen LogP contribution is 2.27. The molecule has 1 heterocycles. The van der Waals surface area contributed by atoms with Crippen molar-refractivity contribution in [2.45, 2.75) is 45.6 Å². The molecule has 0 saturated heterocycles. The van der Waals surface area contributed by atoms with Crippen LogP contribution in [0.2, 0.25) is 0 Å². The molecule has 1 fully saturated rings. The van der Waals surface area contributed by atoms with Crippen molar-refractivity contribution in [2.24, 2.45) is 5.92 Å². The van der Waals surface area contributed by atoms with Crippen molar-refractivity contribution in [2.75, 3.05) is 11.1 Å². The van der Waals surface area contributed by atoms with Gasteiger partial charge in [-0.15, -0.1) is 0 Å². The van der Waals surface area contributed by atoms with Crippen molar-refractivity contribution in [1.29, 1.82) is 0 Å². The summed E-state index contributed by atoms with van der Waals surface area (Å²) in [6, 6.07) is 0.541. The second-order valence-electron chi connectivity index (χ2n) is 4.70. The van der Waals surface area contributed by atoms with Crippen LogP contribution in [-0.4, -0.2) is 16.0 Å². The number of H-pyrrole nitrogens is 1. The number of hydrogen-bond acceptors (Lipinski definition) is 3. The lowest BCUT2D eigenvalue weighted by Crippen LogP contribution is -2.26. The average Bonchev–Trinajstić information content (AvgIpc) is 2.45. The molecule has 1 aromatic heterocycles. The Kier molecular flexibility index (Phi) is 2.84. The standard InChI is InChI=1S/C11H20N4/c1-7-4-3-5-9(6-7)15-11-10(12)13-8(2)14-11/h7,9,15H,3-6,12H2,1-2H3,(H,13,14). The summed E-state index contributed by atoms with van der Waals surface area (Å²) in [5, 5.41) is 3.43. The van der Waals surface area contributed by atoms with Crippen LogP contribution in [0.25, 0.3) is 0 Å².